The molecule has 2 aliphatic rings. The predicted octanol–water partition coefficient (Wildman–Crippen LogP) is 4.07. The van der Waals surface area contributed by atoms with Gasteiger partial charge in [0.25, 0.3) is 0 Å². The smallest absolute Gasteiger partial charge is 0.213 e. The molecule has 0 bridgehead atoms. The molecule has 1 aliphatic carbocycles. The average Bonchev–Trinajstić information content (AvgIpc) is 3.28. The SMILES string of the molecule is COc1cc(C=O)c(OCN2C=CC=CC2c2ccnn2C2CCCCC2)cn1. The number of nitrogens with zero attached hydrogens (tertiary/aromatic N) is 4. The Kier molecular flexibility index (Phi) is 5.93. The van der Waals surface area contributed by atoms with Crippen molar-refractivity contribution in [1.82, 2.24) is 19.7 Å². The van der Waals surface area contributed by atoms with Gasteiger partial charge >= 0.3 is 0 Å². The number of allylic oxidation sites excluding steroid dienone is 2. The summed E-state index contributed by atoms with van der Waals surface area (Å²) < 4.78 is 13.2. The summed E-state index contributed by atoms with van der Waals surface area (Å²) in [6.07, 6.45) is 18.5. The Labute approximate surface area is 170 Å². The van der Waals surface area contributed by atoms with Crippen molar-refractivity contribution in [2.45, 2.75) is 44.2 Å². The van der Waals surface area contributed by atoms with Crippen LogP contribution in [-0.2, 0) is 0 Å². The molecule has 4 rings (SSSR count). The predicted molar refractivity (Wildman–Crippen MR) is 109 cm³/mol. The fraction of sp³-hybridized carbons (Fsp3) is 0.409. The van der Waals surface area contributed by atoms with E-state index in [0.717, 1.165) is 12.0 Å². The molecule has 0 radical (unpaired) electrons. The largest absolute Gasteiger partial charge is 0.481 e. The number of rotatable bonds is 7. The van der Waals surface area contributed by atoms with Gasteiger partial charge in [-0.3, -0.25) is 9.48 Å². The molecule has 1 fully saturated rings. The summed E-state index contributed by atoms with van der Waals surface area (Å²) in [6, 6.07) is 4.14. The maximum atomic E-state index is 11.4. The quantitative estimate of drug-likeness (QED) is 0.660. The molecule has 29 heavy (non-hydrogen) atoms. The fourth-order valence-corrected chi connectivity index (χ4v) is 4.02. The molecule has 1 atom stereocenters. The number of aromatic nitrogens is 3. The van der Waals surface area contributed by atoms with Crippen molar-refractivity contribution in [2.24, 2.45) is 0 Å². The van der Waals surface area contributed by atoms with Crippen LogP contribution in [0, 0.1) is 0 Å². The normalized spacial score (nSPS) is 19.3. The van der Waals surface area contributed by atoms with Gasteiger partial charge < -0.3 is 14.4 Å². The first-order valence-corrected chi connectivity index (χ1v) is 10.1. The lowest BCUT2D eigenvalue weighted by molar-refractivity contribution is 0.110. The third-order valence-corrected chi connectivity index (χ3v) is 5.54. The molecule has 152 valence electrons. The summed E-state index contributed by atoms with van der Waals surface area (Å²) >= 11 is 0. The van der Waals surface area contributed by atoms with Crippen molar-refractivity contribution in [3.8, 4) is 11.6 Å². The van der Waals surface area contributed by atoms with E-state index in [1.807, 2.05) is 24.5 Å². The summed E-state index contributed by atoms with van der Waals surface area (Å²) in [5, 5.41) is 4.64. The highest BCUT2D eigenvalue weighted by atomic mass is 16.5. The number of carbonyl (C=O) groups is 1. The summed E-state index contributed by atoms with van der Waals surface area (Å²) in [4.78, 5) is 17.6. The maximum Gasteiger partial charge on any atom is 0.213 e. The molecule has 0 saturated heterocycles. The van der Waals surface area contributed by atoms with E-state index in [1.165, 1.54) is 45.4 Å². The summed E-state index contributed by atoms with van der Waals surface area (Å²) in [7, 11) is 1.52. The van der Waals surface area contributed by atoms with Gasteiger partial charge in [-0.05, 0) is 25.0 Å². The van der Waals surface area contributed by atoms with Crippen LogP contribution in [0.4, 0.5) is 0 Å². The molecule has 2 aromatic rings. The zero-order chi connectivity index (χ0) is 20.1. The topological polar surface area (TPSA) is 69.5 Å². The maximum absolute atomic E-state index is 11.4. The zero-order valence-corrected chi connectivity index (χ0v) is 16.6. The van der Waals surface area contributed by atoms with Crippen molar-refractivity contribution in [3.63, 3.8) is 0 Å². The average molecular weight is 394 g/mol. The number of aldehydes is 1. The zero-order valence-electron chi connectivity index (χ0n) is 16.6. The summed E-state index contributed by atoms with van der Waals surface area (Å²) in [6.45, 7) is 0.288. The highest BCUT2D eigenvalue weighted by molar-refractivity contribution is 5.79. The van der Waals surface area contributed by atoms with E-state index >= 15 is 0 Å². The first kappa shape index (κ1) is 19.2. The van der Waals surface area contributed by atoms with E-state index in [0.29, 0.717) is 23.2 Å². The van der Waals surface area contributed by atoms with Gasteiger partial charge in [0.2, 0.25) is 5.88 Å². The lowest BCUT2D eigenvalue weighted by atomic mass is 9.95. The van der Waals surface area contributed by atoms with Gasteiger partial charge in [-0.2, -0.15) is 5.10 Å². The van der Waals surface area contributed by atoms with E-state index in [-0.39, 0.29) is 12.8 Å². The van der Waals surface area contributed by atoms with Gasteiger partial charge in [-0.1, -0.05) is 31.4 Å². The minimum absolute atomic E-state index is 0.0234. The van der Waals surface area contributed by atoms with Crippen LogP contribution in [0.3, 0.4) is 0 Å². The minimum Gasteiger partial charge on any atom is -0.481 e. The Hall–Kier alpha value is -3.09. The van der Waals surface area contributed by atoms with Gasteiger partial charge in [0, 0.05) is 18.5 Å². The van der Waals surface area contributed by atoms with Crippen LogP contribution in [0.25, 0.3) is 0 Å². The lowest BCUT2D eigenvalue weighted by Gasteiger charge is -2.32. The Morgan fingerprint density at radius 1 is 1.24 bits per heavy atom. The number of hydrogen-bond donors (Lipinski definition) is 0. The van der Waals surface area contributed by atoms with Crippen LogP contribution < -0.4 is 9.47 Å². The highest BCUT2D eigenvalue weighted by Crippen LogP contribution is 2.33. The van der Waals surface area contributed by atoms with E-state index in [1.54, 1.807) is 6.07 Å². The molecular weight excluding hydrogens is 368 g/mol. The van der Waals surface area contributed by atoms with Crippen LogP contribution in [0.15, 0.2) is 49.0 Å². The van der Waals surface area contributed by atoms with Gasteiger partial charge in [0.1, 0.15) is 0 Å². The number of pyridine rings is 1. The molecule has 0 amide bonds. The van der Waals surface area contributed by atoms with E-state index in [9.17, 15) is 4.79 Å². The minimum atomic E-state index is 0.0234. The Balaban J connectivity index is 1.51. The number of ether oxygens (including phenoxy) is 2. The molecule has 2 aromatic heterocycles. The van der Waals surface area contributed by atoms with Crippen molar-refractivity contribution >= 4 is 6.29 Å². The molecule has 0 spiro atoms. The fourth-order valence-electron chi connectivity index (χ4n) is 4.02. The number of hydrogen-bond acceptors (Lipinski definition) is 6. The standard InChI is InChI=1S/C22H26N4O3/c1-28-22-13-17(15-27)21(14-23-22)29-16-25-12-6-5-9-19(25)20-10-11-24-26(20)18-7-3-2-4-8-18/h5-6,9-15,18-19H,2-4,7-8,16H2,1H3. The van der Waals surface area contributed by atoms with Crippen molar-refractivity contribution in [1.29, 1.82) is 0 Å². The molecule has 7 nitrogen and oxygen atoms in total. The van der Waals surface area contributed by atoms with Gasteiger partial charge in [0.05, 0.1) is 36.6 Å². The van der Waals surface area contributed by atoms with Crippen LogP contribution in [0.5, 0.6) is 11.6 Å². The molecule has 1 unspecified atom stereocenters. The number of carbonyl (C=O) groups excluding carboxylic acids is 1. The third kappa shape index (κ3) is 4.18. The Morgan fingerprint density at radius 3 is 2.90 bits per heavy atom. The summed E-state index contributed by atoms with van der Waals surface area (Å²) in [5.74, 6) is 0.817. The van der Waals surface area contributed by atoms with Crippen molar-refractivity contribution in [2.75, 3.05) is 13.8 Å². The van der Waals surface area contributed by atoms with Crippen LogP contribution in [0.1, 0.15) is 60.2 Å². The Morgan fingerprint density at radius 2 is 2.10 bits per heavy atom. The summed E-state index contributed by atoms with van der Waals surface area (Å²) in [5.41, 5.74) is 1.57. The first-order chi connectivity index (χ1) is 14.3. The van der Waals surface area contributed by atoms with E-state index in [2.05, 4.69) is 31.8 Å². The molecule has 3 heterocycles. The van der Waals surface area contributed by atoms with Gasteiger partial charge in [-0.25, -0.2) is 4.98 Å². The van der Waals surface area contributed by atoms with E-state index in [4.69, 9.17) is 9.47 Å². The molecule has 0 N–H and O–H groups in total. The molecule has 1 saturated carbocycles. The van der Waals surface area contributed by atoms with Gasteiger partial charge in [-0.15, -0.1) is 0 Å². The number of methoxy groups -OCH3 is 1. The Bertz CT molecular complexity index is 899. The molecule has 1 aliphatic heterocycles. The van der Waals surface area contributed by atoms with Crippen LogP contribution in [-0.4, -0.2) is 39.8 Å². The second kappa shape index (κ2) is 8.94. The molecular formula is C22H26N4O3. The second-order valence-electron chi connectivity index (χ2n) is 7.33. The second-order valence-corrected chi connectivity index (χ2v) is 7.33. The highest BCUT2D eigenvalue weighted by Gasteiger charge is 2.25. The molecule has 0 aromatic carbocycles. The molecule has 7 heteroatoms. The van der Waals surface area contributed by atoms with Crippen LogP contribution >= 0.6 is 0 Å². The van der Waals surface area contributed by atoms with Crippen molar-refractivity contribution in [3.05, 3.63) is 60.2 Å². The first-order valence-electron chi connectivity index (χ1n) is 10.1. The van der Waals surface area contributed by atoms with Crippen molar-refractivity contribution < 1.29 is 14.3 Å². The van der Waals surface area contributed by atoms with Crippen LogP contribution in [0.2, 0.25) is 0 Å². The lowest BCUT2D eigenvalue weighted by Crippen LogP contribution is -2.30. The monoisotopic (exact) mass is 394 g/mol. The van der Waals surface area contributed by atoms with E-state index < -0.39 is 0 Å². The third-order valence-electron chi connectivity index (χ3n) is 5.54. The van der Waals surface area contributed by atoms with Gasteiger partial charge in [0.15, 0.2) is 18.8 Å².